The molecule has 0 spiro atoms. The molecule has 254 valence electrons. The fourth-order valence-electron chi connectivity index (χ4n) is 4.46. The largest absolute Gasteiger partial charge is 2.00 e. The summed E-state index contributed by atoms with van der Waals surface area (Å²) >= 11 is 7.28. The van der Waals surface area contributed by atoms with Crippen LogP contribution >= 0.6 is 5.69 Å². The zero-order valence-electron chi connectivity index (χ0n) is 30.5. The summed E-state index contributed by atoms with van der Waals surface area (Å²) in [6.07, 6.45) is 41.7. The summed E-state index contributed by atoms with van der Waals surface area (Å²) in [6.45, 7) is 18.3. The fraction of sp³-hybridized carbons (Fsp3) is 0.917. The van der Waals surface area contributed by atoms with Gasteiger partial charge in [0, 0.05) is 0 Å². The second kappa shape index (κ2) is 61.1. The number of hydrogen-bond acceptors (Lipinski definition) is 4. The first-order chi connectivity index (χ1) is 19.7. The third-order valence-corrected chi connectivity index (χ3v) is 7.06. The SMILES string of the molecule is [CH2-]CCCCCCCCCCC.[CH2-]CCCCCCCCCCC.[CH2-]CCCCCCCCCCC.[O-]P([O-])(=S)[S-].[Zn+2].[Zn+2].[Zn+2]. The molecule has 0 aliphatic heterocycles. The molecular formula is C36H75O2PS2Zn3. The van der Waals surface area contributed by atoms with Crippen LogP contribution in [0.1, 0.15) is 213 Å². The Morgan fingerprint density at radius 2 is 0.500 bits per heavy atom. The van der Waals surface area contributed by atoms with E-state index in [0.29, 0.717) is 0 Å². The van der Waals surface area contributed by atoms with E-state index in [1.54, 1.807) is 0 Å². The summed E-state index contributed by atoms with van der Waals surface area (Å²) in [6, 6.07) is 0. The zero-order chi connectivity index (χ0) is 31.7. The molecule has 0 saturated carbocycles. The Labute approximate surface area is 329 Å². The molecule has 0 rings (SSSR count). The maximum absolute atomic E-state index is 9.29. The summed E-state index contributed by atoms with van der Waals surface area (Å²) in [5, 5.41) is 0. The molecule has 0 radical (unpaired) electrons. The van der Waals surface area contributed by atoms with Crippen LogP contribution in [0.3, 0.4) is 0 Å². The third kappa shape index (κ3) is 96.8. The fourth-order valence-corrected chi connectivity index (χ4v) is 4.46. The molecule has 0 aliphatic rings. The van der Waals surface area contributed by atoms with Crippen molar-refractivity contribution in [1.82, 2.24) is 0 Å². The van der Waals surface area contributed by atoms with E-state index in [9.17, 15) is 9.79 Å². The molecule has 0 aromatic rings. The van der Waals surface area contributed by atoms with Gasteiger partial charge in [-0.05, 0) is 0 Å². The monoisotopic (exact) mass is 826 g/mol. The molecule has 0 N–H and O–H groups in total. The van der Waals surface area contributed by atoms with Gasteiger partial charge in [-0.3, -0.25) is 0 Å². The smallest absolute Gasteiger partial charge is 0.850 e. The minimum Gasteiger partial charge on any atom is -0.850 e. The van der Waals surface area contributed by atoms with Crippen molar-refractivity contribution in [2.45, 2.75) is 213 Å². The number of unbranched alkanes of at least 4 members (excludes halogenated alkanes) is 27. The Balaban J connectivity index is -0.0000000839. The van der Waals surface area contributed by atoms with E-state index < -0.39 is 5.69 Å². The summed E-state index contributed by atoms with van der Waals surface area (Å²) < 4.78 is 0. The predicted molar refractivity (Wildman–Crippen MR) is 193 cm³/mol. The quantitative estimate of drug-likeness (QED) is 0.0272. The topological polar surface area (TPSA) is 46.1 Å². The number of hydrogen-bond donors (Lipinski definition) is 0. The molecule has 0 heterocycles. The summed E-state index contributed by atoms with van der Waals surface area (Å²) in [7, 11) is 0. The zero-order valence-corrected chi connectivity index (χ0v) is 42.0. The molecule has 0 atom stereocenters. The van der Waals surface area contributed by atoms with Crippen molar-refractivity contribution in [2.24, 2.45) is 0 Å². The van der Waals surface area contributed by atoms with Crippen LogP contribution in [0.2, 0.25) is 0 Å². The van der Waals surface area contributed by atoms with Crippen LogP contribution in [-0.2, 0) is 82.5 Å². The van der Waals surface area contributed by atoms with Crippen LogP contribution in [-0.4, -0.2) is 0 Å². The molecule has 0 saturated heterocycles. The van der Waals surface area contributed by atoms with Crippen molar-refractivity contribution < 1.29 is 68.2 Å². The van der Waals surface area contributed by atoms with Gasteiger partial charge >= 0.3 is 58.4 Å². The first kappa shape index (κ1) is 62.0. The molecule has 0 aliphatic carbocycles. The summed E-state index contributed by atoms with van der Waals surface area (Å²) in [5.74, 6) is 0. The molecule has 0 aromatic heterocycles. The Bertz CT molecular complexity index is 373. The van der Waals surface area contributed by atoms with Crippen molar-refractivity contribution in [1.29, 1.82) is 0 Å². The third-order valence-electron chi connectivity index (χ3n) is 7.06. The maximum Gasteiger partial charge on any atom is 2.00 e. The second-order valence-corrected chi connectivity index (χ2v) is 16.0. The molecule has 0 unspecified atom stereocenters. The minimum absolute atomic E-state index is 0. The van der Waals surface area contributed by atoms with Gasteiger partial charge in [-0.1, -0.05) is 194 Å². The summed E-state index contributed by atoms with van der Waals surface area (Å²) in [4.78, 5) is 18.6. The van der Waals surface area contributed by atoms with Crippen molar-refractivity contribution in [3.8, 4) is 0 Å². The van der Waals surface area contributed by atoms with E-state index in [4.69, 9.17) is 0 Å². The van der Waals surface area contributed by atoms with Gasteiger partial charge in [-0.25, -0.2) is 0 Å². The van der Waals surface area contributed by atoms with Gasteiger partial charge in [0.05, 0.1) is 0 Å². The van der Waals surface area contributed by atoms with Gasteiger partial charge < -0.3 is 48.5 Å². The molecule has 0 amide bonds. The van der Waals surface area contributed by atoms with Crippen LogP contribution < -0.4 is 9.79 Å². The normalized spacial score (nSPS) is 9.93. The Morgan fingerprint density at radius 3 is 0.614 bits per heavy atom. The molecule has 0 bridgehead atoms. The minimum atomic E-state index is -3.72. The molecule has 2 nitrogen and oxygen atoms in total. The first-order valence-electron chi connectivity index (χ1n) is 17.9. The van der Waals surface area contributed by atoms with Gasteiger partial charge in [0.25, 0.3) is 0 Å². The molecule has 44 heavy (non-hydrogen) atoms. The molecular weight excluding hydrogens is 756 g/mol. The summed E-state index contributed by atoms with van der Waals surface area (Å²) in [5.41, 5.74) is -3.72. The van der Waals surface area contributed by atoms with Crippen molar-refractivity contribution in [2.75, 3.05) is 0 Å². The predicted octanol–water partition coefficient (Wildman–Crippen LogP) is 12.7. The van der Waals surface area contributed by atoms with Crippen LogP contribution in [0.15, 0.2) is 0 Å². The van der Waals surface area contributed by atoms with Gasteiger partial charge in [0.1, 0.15) is 0 Å². The van der Waals surface area contributed by atoms with Crippen LogP contribution in [0.4, 0.5) is 0 Å². The Kier molecular flexibility index (Phi) is 86.0. The van der Waals surface area contributed by atoms with E-state index in [-0.39, 0.29) is 58.4 Å². The Hall–Kier alpha value is 2.79. The Morgan fingerprint density at radius 1 is 0.386 bits per heavy atom. The average molecular weight is 831 g/mol. The van der Waals surface area contributed by atoms with Gasteiger partial charge in [-0.15, -0.1) is 0 Å². The van der Waals surface area contributed by atoms with E-state index in [2.05, 4.69) is 65.6 Å². The standard InChI is InChI=1S/3C12H25.H3O2PS2.3Zn/c3*1-3-5-7-9-11-12-10-8-6-4-2;1-3(2,4)5;;;/h3*1,3-12H2,2H3;(H3,1,2,4,5);;;/q3*-1;;3*+2/p-3. The van der Waals surface area contributed by atoms with Gasteiger partial charge in [0.2, 0.25) is 0 Å². The van der Waals surface area contributed by atoms with Crippen LogP contribution in [0, 0.1) is 20.8 Å². The van der Waals surface area contributed by atoms with Gasteiger partial charge in [0.15, 0.2) is 0 Å². The van der Waals surface area contributed by atoms with Crippen molar-refractivity contribution >= 4 is 29.7 Å². The molecule has 0 aromatic carbocycles. The van der Waals surface area contributed by atoms with E-state index in [1.165, 1.54) is 173 Å². The van der Waals surface area contributed by atoms with E-state index >= 15 is 0 Å². The maximum atomic E-state index is 9.29. The molecule has 0 fully saturated rings. The second-order valence-electron chi connectivity index (χ2n) is 11.5. The van der Waals surface area contributed by atoms with Crippen LogP contribution in [0.5, 0.6) is 0 Å². The van der Waals surface area contributed by atoms with Crippen molar-refractivity contribution in [3.63, 3.8) is 0 Å². The van der Waals surface area contributed by atoms with Crippen LogP contribution in [0.25, 0.3) is 0 Å². The first-order valence-corrected chi connectivity index (χ1v) is 21.5. The van der Waals surface area contributed by atoms with E-state index in [1.807, 2.05) is 0 Å². The van der Waals surface area contributed by atoms with Crippen molar-refractivity contribution in [3.05, 3.63) is 20.8 Å². The molecule has 8 heteroatoms. The average Bonchev–Trinajstić information content (AvgIpc) is 2.93. The van der Waals surface area contributed by atoms with Gasteiger partial charge in [-0.2, -0.15) is 31.1 Å². The van der Waals surface area contributed by atoms with E-state index in [0.717, 1.165) is 19.3 Å². The number of rotatable bonds is 27.